The standard InChI is InChI=1S/C12H28N4O/c1-6-16(7-2)9-8-14-12(13-4)15-11(3)10-17-5/h11H,6-10H2,1-5H3,(H2,13,14,15). The van der Waals surface area contributed by atoms with E-state index < -0.39 is 0 Å². The van der Waals surface area contributed by atoms with Crippen LogP contribution in [0.3, 0.4) is 0 Å². The molecule has 5 heteroatoms. The number of aliphatic imine (C=N–C) groups is 1. The number of nitrogens with one attached hydrogen (secondary N) is 2. The summed E-state index contributed by atoms with van der Waals surface area (Å²) >= 11 is 0. The number of hydrogen-bond donors (Lipinski definition) is 2. The molecule has 0 bridgehead atoms. The van der Waals surface area contributed by atoms with Crippen LogP contribution >= 0.6 is 0 Å². The van der Waals surface area contributed by atoms with E-state index in [2.05, 4.69) is 41.3 Å². The molecule has 1 unspecified atom stereocenters. The molecule has 102 valence electrons. The summed E-state index contributed by atoms with van der Waals surface area (Å²) in [4.78, 5) is 6.55. The molecule has 0 aromatic heterocycles. The Bertz CT molecular complexity index is 205. The van der Waals surface area contributed by atoms with Gasteiger partial charge in [0.2, 0.25) is 0 Å². The molecule has 0 fully saturated rings. The number of likely N-dealkylation sites (N-methyl/N-ethyl adjacent to an activating group) is 1. The van der Waals surface area contributed by atoms with Crippen LogP contribution in [0.15, 0.2) is 4.99 Å². The lowest BCUT2D eigenvalue weighted by Crippen LogP contribution is -2.46. The van der Waals surface area contributed by atoms with Crippen molar-refractivity contribution in [3.63, 3.8) is 0 Å². The molecule has 0 radical (unpaired) electrons. The van der Waals surface area contributed by atoms with Crippen LogP contribution in [0.25, 0.3) is 0 Å². The van der Waals surface area contributed by atoms with Crippen LogP contribution in [0.2, 0.25) is 0 Å². The number of methoxy groups -OCH3 is 1. The van der Waals surface area contributed by atoms with Crippen LogP contribution in [0.4, 0.5) is 0 Å². The normalized spacial score (nSPS) is 13.9. The smallest absolute Gasteiger partial charge is 0.191 e. The maximum atomic E-state index is 5.07. The van der Waals surface area contributed by atoms with Crippen LogP contribution in [-0.4, -0.2) is 63.8 Å². The second-order valence-corrected chi connectivity index (χ2v) is 4.03. The molecule has 5 nitrogen and oxygen atoms in total. The summed E-state index contributed by atoms with van der Waals surface area (Å²) in [6.07, 6.45) is 0. The first-order valence-electron chi connectivity index (χ1n) is 6.36. The van der Waals surface area contributed by atoms with Crippen LogP contribution in [0, 0.1) is 0 Å². The highest BCUT2D eigenvalue weighted by molar-refractivity contribution is 5.79. The van der Waals surface area contributed by atoms with Gasteiger partial charge in [-0.1, -0.05) is 13.8 Å². The molecular formula is C12H28N4O. The van der Waals surface area contributed by atoms with E-state index in [-0.39, 0.29) is 6.04 Å². The third kappa shape index (κ3) is 7.99. The van der Waals surface area contributed by atoms with Gasteiger partial charge in [0.1, 0.15) is 0 Å². The molecule has 0 saturated carbocycles. The SMILES string of the molecule is CCN(CC)CCNC(=NC)NC(C)COC. The molecule has 0 amide bonds. The molecule has 1 atom stereocenters. The molecule has 0 aliphatic heterocycles. The summed E-state index contributed by atoms with van der Waals surface area (Å²) < 4.78 is 5.07. The highest BCUT2D eigenvalue weighted by Gasteiger charge is 2.04. The lowest BCUT2D eigenvalue weighted by molar-refractivity contribution is 0.179. The van der Waals surface area contributed by atoms with Crippen molar-refractivity contribution in [3.8, 4) is 0 Å². The van der Waals surface area contributed by atoms with Crippen molar-refractivity contribution in [3.05, 3.63) is 0 Å². The average Bonchev–Trinajstić information content (AvgIpc) is 2.33. The van der Waals surface area contributed by atoms with Gasteiger partial charge in [0.15, 0.2) is 5.96 Å². The minimum Gasteiger partial charge on any atom is -0.383 e. The van der Waals surface area contributed by atoms with Crippen molar-refractivity contribution in [2.24, 2.45) is 4.99 Å². The Morgan fingerprint density at radius 2 is 2.00 bits per heavy atom. The zero-order valence-electron chi connectivity index (χ0n) is 11.9. The average molecular weight is 244 g/mol. The van der Waals surface area contributed by atoms with Gasteiger partial charge in [-0.05, 0) is 20.0 Å². The van der Waals surface area contributed by atoms with Gasteiger partial charge in [-0.2, -0.15) is 0 Å². The van der Waals surface area contributed by atoms with E-state index >= 15 is 0 Å². The third-order valence-electron chi connectivity index (χ3n) is 2.64. The maximum Gasteiger partial charge on any atom is 0.191 e. The Morgan fingerprint density at radius 3 is 2.47 bits per heavy atom. The number of hydrogen-bond acceptors (Lipinski definition) is 3. The van der Waals surface area contributed by atoms with Gasteiger partial charge in [-0.15, -0.1) is 0 Å². The zero-order chi connectivity index (χ0) is 13.1. The van der Waals surface area contributed by atoms with Gasteiger partial charge in [-0.3, -0.25) is 4.99 Å². The Kier molecular flexibility index (Phi) is 9.86. The van der Waals surface area contributed by atoms with E-state index in [1.807, 2.05) is 0 Å². The van der Waals surface area contributed by atoms with Gasteiger partial charge in [0.05, 0.1) is 6.61 Å². The van der Waals surface area contributed by atoms with Gasteiger partial charge < -0.3 is 20.3 Å². The van der Waals surface area contributed by atoms with E-state index in [1.54, 1.807) is 14.2 Å². The van der Waals surface area contributed by atoms with E-state index in [0.717, 1.165) is 32.1 Å². The first kappa shape index (κ1) is 16.2. The zero-order valence-corrected chi connectivity index (χ0v) is 11.9. The fourth-order valence-electron chi connectivity index (χ4n) is 1.59. The third-order valence-corrected chi connectivity index (χ3v) is 2.64. The van der Waals surface area contributed by atoms with Crippen molar-refractivity contribution in [2.75, 3.05) is 46.9 Å². The predicted molar refractivity (Wildman–Crippen MR) is 73.6 cm³/mol. The van der Waals surface area contributed by atoms with Gasteiger partial charge in [-0.25, -0.2) is 0 Å². The summed E-state index contributed by atoms with van der Waals surface area (Å²) in [5.41, 5.74) is 0. The molecule has 0 aromatic carbocycles. The maximum absolute atomic E-state index is 5.07. The van der Waals surface area contributed by atoms with E-state index in [1.165, 1.54) is 0 Å². The quantitative estimate of drug-likeness (QED) is 0.483. The first-order chi connectivity index (χ1) is 8.17. The molecule has 0 heterocycles. The van der Waals surface area contributed by atoms with Crippen LogP contribution < -0.4 is 10.6 Å². The Hall–Kier alpha value is -0.810. The highest BCUT2D eigenvalue weighted by Crippen LogP contribution is 1.85. The van der Waals surface area contributed by atoms with E-state index in [0.29, 0.717) is 6.61 Å². The lowest BCUT2D eigenvalue weighted by Gasteiger charge is -2.20. The molecule has 0 spiro atoms. The molecule has 2 N–H and O–H groups in total. The van der Waals surface area contributed by atoms with Crippen molar-refractivity contribution in [1.82, 2.24) is 15.5 Å². The number of guanidine groups is 1. The summed E-state index contributed by atoms with van der Waals surface area (Å²) in [6, 6.07) is 0.264. The monoisotopic (exact) mass is 244 g/mol. The highest BCUT2D eigenvalue weighted by atomic mass is 16.5. The second-order valence-electron chi connectivity index (χ2n) is 4.03. The molecule has 0 aliphatic rings. The van der Waals surface area contributed by atoms with Gasteiger partial charge in [0, 0.05) is 33.3 Å². The van der Waals surface area contributed by atoms with Gasteiger partial charge >= 0.3 is 0 Å². The fraction of sp³-hybridized carbons (Fsp3) is 0.917. The molecule has 0 aliphatic carbocycles. The number of ether oxygens (including phenoxy) is 1. The molecule has 0 rings (SSSR count). The summed E-state index contributed by atoms with van der Waals surface area (Å²) in [5, 5.41) is 6.57. The Morgan fingerprint density at radius 1 is 1.35 bits per heavy atom. The molecular weight excluding hydrogens is 216 g/mol. The second kappa shape index (κ2) is 10.4. The fourth-order valence-corrected chi connectivity index (χ4v) is 1.59. The molecule has 0 saturated heterocycles. The first-order valence-corrected chi connectivity index (χ1v) is 6.36. The summed E-state index contributed by atoms with van der Waals surface area (Å²) in [7, 11) is 3.49. The lowest BCUT2D eigenvalue weighted by atomic mass is 10.4. The largest absolute Gasteiger partial charge is 0.383 e. The molecule has 0 aromatic rings. The Balaban J connectivity index is 3.83. The topological polar surface area (TPSA) is 48.9 Å². The number of nitrogens with zero attached hydrogens (tertiary/aromatic N) is 2. The van der Waals surface area contributed by atoms with Crippen molar-refractivity contribution >= 4 is 5.96 Å². The summed E-state index contributed by atoms with van der Waals surface area (Å²) in [5.74, 6) is 0.835. The van der Waals surface area contributed by atoms with E-state index in [4.69, 9.17) is 4.74 Å². The number of rotatable bonds is 8. The van der Waals surface area contributed by atoms with E-state index in [9.17, 15) is 0 Å². The van der Waals surface area contributed by atoms with Gasteiger partial charge in [0.25, 0.3) is 0 Å². The van der Waals surface area contributed by atoms with Crippen molar-refractivity contribution in [2.45, 2.75) is 26.8 Å². The predicted octanol–water partition coefficient (Wildman–Crippen LogP) is 0.528. The summed E-state index contributed by atoms with van der Waals surface area (Å²) in [6.45, 7) is 11.2. The van der Waals surface area contributed by atoms with Crippen LogP contribution in [-0.2, 0) is 4.74 Å². The van der Waals surface area contributed by atoms with Crippen LogP contribution in [0.1, 0.15) is 20.8 Å². The minimum atomic E-state index is 0.264. The van der Waals surface area contributed by atoms with Crippen molar-refractivity contribution in [1.29, 1.82) is 0 Å². The Labute approximate surface area is 106 Å². The molecule has 17 heavy (non-hydrogen) atoms. The minimum absolute atomic E-state index is 0.264. The van der Waals surface area contributed by atoms with Crippen molar-refractivity contribution < 1.29 is 4.74 Å². The van der Waals surface area contributed by atoms with Crippen LogP contribution in [0.5, 0.6) is 0 Å².